The third kappa shape index (κ3) is 4.93. The van der Waals surface area contributed by atoms with Crippen molar-refractivity contribution in [3.05, 3.63) is 120 Å². The maximum atomic E-state index is 3.78. The van der Waals surface area contributed by atoms with Crippen molar-refractivity contribution in [2.24, 2.45) is 0 Å². The highest BCUT2D eigenvalue weighted by atomic mass is 15.1. The molecule has 1 N–H and O–H groups in total. The quantitative estimate of drug-likeness (QED) is 0.207. The van der Waals surface area contributed by atoms with Crippen LogP contribution in [0.25, 0.3) is 22.2 Å². The molecule has 0 fully saturated rings. The molecule has 4 aromatic carbocycles. The molecule has 38 heavy (non-hydrogen) atoms. The topological polar surface area (TPSA) is 22.3 Å². The van der Waals surface area contributed by atoms with Crippen molar-refractivity contribution in [1.82, 2.24) is 4.98 Å². The third-order valence-electron chi connectivity index (χ3n) is 7.81. The molecule has 0 saturated heterocycles. The Labute approximate surface area is 227 Å². The van der Waals surface area contributed by atoms with Crippen LogP contribution in [0.3, 0.4) is 0 Å². The van der Waals surface area contributed by atoms with Crippen LogP contribution in [0.1, 0.15) is 50.3 Å². The number of anilines is 2. The van der Waals surface area contributed by atoms with Crippen molar-refractivity contribution in [2.75, 3.05) is 36.0 Å². The second-order valence-corrected chi connectivity index (χ2v) is 9.79. The molecule has 0 saturated carbocycles. The van der Waals surface area contributed by atoms with Gasteiger partial charge in [0, 0.05) is 54.4 Å². The van der Waals surface area contributed by atoms with Crippen LogP contribution in [-0.2, 0) is 0 Å². The number of benzene rings is 4. The SMILES string of the molecule is CCN(CC)c1ccc(C(c2ccc(N(CC)CC)cc2)c2c(-c3ccccc3)[nH]c3ccccc23)cc1. The number of nitrogens with zero attached hydrogens (tertiary/aromatic N) is 2. The lowest BCUT2D eigenvalue weighted by Crippen LogP contribution is -2.22. The summed E-state index contributed by atoms with van der Waals surface area (Å²) in [4.78, 5) is 8.58. The van der Waals surface area contributed by atoms with E-state index in [9.17, 15) is 0 Å². The zero-order chi connectivity index (χ0) is 26.5. The molecule has 0 amide bonds. The van der Waals surface area contributed by atoms with Crippen LogP contribution in [0, 0.1) is 0 Å². The summed E-state index contributed by atoms with van der Waals surface area (Å²) < 4.78 is 0. The van der Waals surface area contributed by atoms with Crippen molar-refractivity contribution in [1.29, 1.82) is 0 Å². The predicted molar refractivity (Wildman–Crippen MR) is 165 cm³/mol. The first-order chi connectivity index (χ1) is 18.7. The van der Waals surface area contributed by atoms with Gasteiger partial charge in [0.15, 0.2) is 0 Å². The van der Waals surface area contributed by atoms with Gasteiger partial charge in [0.2, 0.25) is 0 Å². The molecule has 3 nitrogen and oxygen atoms in total. The Balaban J connectivity index is 1.71. The standard InChI is InChI=1S/C35H39N3/c1-5-37(6-2)29-22-18-26(19-23-29)33(27-20-24-30(25-21-27)38(7-3)8-4)34-31-16-12-13-17-32(31)36-35(34)28-14-10-9-11-15-28/h9-25,33,36H,5-8H2,1-4H3. The molecule has 0 aliphatic carbocycles. The van der Waals surface area contributed by atoms with E-state index in [4.69, 9.17) is 0 Å². The lowest BCUT2D eigenvalue weighted by molar-refractivity contribution is 0.863. The number of aromatic amines is 1. The minimum absolute atomic E-state index is 0.0952. The van der Waals surface area contributed by atoms with Crippen LogP contribution in [0.4, 0.5) is 11.4 Å². The van der Waals surface area contributed by atoms with Crippen LogP contribution < -0.4 is 9.80 Å². The highest BCUT2D eigenvalue weighted by Crippen LogP contribution is 2.43. The highest BCUT2D eigenvalue weighted by Gasteiger charge is 2.25. The molecule has 0 spiro atoms. The van der Waals surface area contributed by atoms with E-state index in [0.717, 1.165) is 26.2 Å². The minimum Gasteiger partial charge on any atom is -0.372 e. The number of para-hydroxylation sites is 1. The lowest BCUT2D eigenvalue weighted by atomic mass is 9.82. The Hall–Kier alpha value is -3.98. The molecule has 5 aromatic rings. The van der Waals surface area contributed by atoms with Gasteiger partial charge in [-0.1, -0.05) is 72.8 Å². The number of aromatic nitrogens is 1. The summed E-state index contributed by atoms with van der Waals surface area (Å²) in [6.45, 7) is 12.9. The Bertz CT molecular complexity index is 1390. The number of hydrogen-bond donors (Lipinski definition) is 1. The second kappa shape index (κ2) is 11.6. The average molecular weight is 502 g/mol. The first kappa shape index (κ1) is 25.7. The minimum atomic E-state index is 0.0952. The van der Waals surface area contributed by atoms with Gasteiger partial charge in [-0.2, -0.15) is 0 Å². The van der Waals surface area contributed by atoms with Gasteiger partial charge in [-0.15, -0.1) is 0 Å². The lowest BCUT2D eigenvalue weighted by Gasteiger charge is -2.25. The van der Waals surface area contributed by atoms with E-state index >= 15 is 0 Å². The van der Waals surface area contributed by atoms with Gasteiger partial charge in [-0.05, 0) is 80.3 Å². The zero-order valence-electron chi connectivity index (χ0n) is 23.1. The predicted octanol–water partition coefficient (Wildman–Crippen LogP) is 8.71. The molecule has 0 radical (unpaired) electrons. The van der Waals surface area contributed by atoms with Gasteiger partial charge in [0.1, 0.15) is 0 Å². The zero-order valence-corrected chi connectivity index (χ0v) is 23.1. The molecular weight excluding hydrogens is 462 g/mol. The Morgan fingerprint density at radius 3 is 1.53 bits per heavy atom. The molecule has 0 aliphatic heterocycles. The van der Waals surface area contributed by atoms with Crippen molar-refractivity contribution in [3.8, 4) is 11.3 Å². The molecule has 194 valence electrons. The van der Waals surface area contributed by atoms with E-state index in [1.807, 2.05) is 0 Å². The smallest absolute Gasteiger partial charge is 0.0507 e. The van der Waals surface area contributed by atoms with Gasteiger partial charge in [0.25, 0.3) is 0 Å². The number of nitrogens with one attached hydrogen (secondary N) is 1. The fourth-order valence-electron chi connectivity index (χ4n) is 5.75. The number of fused-ring (bicyclic) bond motifs is 1. The highest BCUT2D eigenvalue weighted by molar-refractivity contribution is 5.92. The van der Waals surface area contributed by atoms with Crippen molar-refractivity contribution in [2.45, 2.75) is 33.6 Å². The second-order valence-electron chi connectivity index (χ2n) is 9.79. The fourth-order valence-corrected chi connectivity index (χ4v) is 5.75. The fraction of sp³-hybridized carbons (Fsp3) is 0.257. The van der Waals surface area contributed by atoms with Gasteiger partial charge < -0.3 is 14.8 Å². The van der Waals surface area contributed by atoms with Crippen LogP contribution in [-0.4, -0.2) is 31.2 Å². The Kier molecular flexibility index (Phi) is 7.83. The Morgan fingerprint density at radius 1 is 0.553 bits per heavy atom. The molecular formula is C35H39N3. The van der Waals surface area contributed by atoms with E-state index < -0.39 is 0 Å². The molecule has 0 unspecified atom stereocenters. The number of H-pyrrole nitrogens is 1. The largest absolute Gasteiger partial charge is 0.372 e. The summed E-state index contributed by atoms with van der Waals surface area (Å²) in [6, 6.07) is 37.9. The van der Waals surface area contributed by atoms with Crippen LogP contribution in [0.15, 0.2) is 103 Å². The third-order valence-corrected chi connectivity index (χ3v) is 7.81. The summed E-state index contributed by atoms with van der Waals surface area (Å²) in [5.74, 6) is 0.0952. The first-order valence-electron chi connectivity index (χ1n) is 14.0. The molecule has 3 heteroatoms. The molecule has 0 atom stereocenters. The van der Waals surface area contributed by atoms with Crippen molar-refractivity contribution in [3.63, 3.8) is 0 Å². The maximum Gasteiger partial charge on any atom is 0.0507 e. The van der Waals surface area contributed by atoms with Crippen LogP contribution >= 0.6 is 0 Å². The van der Waals surface area contributed by atoms with E-state index in [-0.39, 0.29) is 5.92 Å². The van der Waals surface area contributed by atoms with Crippen LogP contribution in [0.5, 0.6) is 0 Å². The normalized spacial score (nSPS) is 11.3. The summed E-state index contributed by atoms with van der Waals surface area (Å²) in [6.07, 6.45) is 0. The van der Waals surface area contributed by atoms with Gasteiger partial charge >= 0.3 is 0 Å². The molecule has 5 rings (SSSR count). The summed E-state index contributed by atoms with van der Waals surface area (Å²) in [7, 11) is 0. The average Bonchev–Trinajstić information content (AvgIpc) is 3.36. The van der Waals surface area contributed by atoms with E-state index in [2.05, 4.69) is 146 Å². The first-order valence-corrected chi connectivity index (χ1v) is 14.0. The molecule has 0 aliphatic rings. The maximum absolute atomic E-state index is 3.78. The Morgan fingerprint density at radius 2 is 1.03 bits per heavy atom. The molecule has 1 aromatic heterocycles. The van der Waals surface area contributed by atoms with E-state index in [1.165, 1.54) is 50.2 Å². The van der Waals surface area contributed by atoms with E-state index in [1.54, 1.807) is 0 Å². The molecule has 0 bridgehead atoms. The number of rotatable bonds is 10. The molecule has 1 heterocycles. The summed E-state index contributed by atoms with van der Waals surface area (Å²) in [5.41, 5.74) is 10.1. The van der Waals surface area contributed by atoms with Gasteiger partial charge in [-0.3, -0.25) is 0 Å². The van der Waals surface area contributed by atoms with E-state index in [0.29, 0.717) is 0 Å². The van der Waals surface area contributed by atoms with Crippen LogP contribution in [0.2, 0.25) is 0 Å². The van der Waals surface area contributed by atoms with Crippen molar-refractivity contribution < 1.29 is 0 Å². The van der Waals surface area contributed by atoms with Gasteiger partial charge in [0.05, 0.1) is 5.69 Å². The monoisotopic (exact) mass is 501 g/mol. The summed E-state index contributed by atoms with van der Waals surface area (Å²) >= 11 is 0. The number of hydrogen-bond acceptors (Lipinski definition) is 2. The van der Waals surface area contributed by atoms with Gasteiger partial charge in [-0.25, -0.2) is 0 Å². The van der Waals surface area contributed by atoms with Crippen molar-refractivity contribution >= 4 is 22.3 Å². The summed E-state index contributed by atoms with van der Waals surface area (Å²) in [5, 5.41) is 1.27.